The minimum Gasteiger partial charge on any atom is -0.496 e. The van der Waals surface area contributed by atoms with Crippen molar-refractivity contribution in [3.8, 4) is 5.75 Å². The van der Waals surface area contributed by atoms with E-state index in [0.717, 1.165) is 17.1 Å². The molecule has 0 radical (unpaired) electrons. The molecule has 0 amide bonds. The zero-order chi connectivity index (χ0) is 15.2. The lowest BCUT2D eigenvalue weighted by Crippen LogP contribution is -2.21. The summed E-state index contributed by atoms with van der Waals surface area (Å²) < 4.78 is 11.0. The number of methoxy groups -OCH3 is 1. The van der Waals surface area contributed by atoms with Gasteiger partial charge in [0.05, 0.1) is 19.4 Å². The average Bonchev–Trinajstić information content (AvgIpc) is 3.11. The van der Waals surface area contributed by atoms with E-state index in [2.05, 4.69) is 23.5 Å². The summed E-state index contributed by atoms with van der Waals surface area (Å²) in [6, 6.07) is 22.2. The summed E-state index contributed by atoms with van der Waals surface area (Å²) in [6.07, 6.45) is 1.70. The van der Waals surface area contributed by atoms with Gasteiger partial charge in [0.2, 0.25) is 0 Å². The predicted octanol–water partition coefficient (Wildman–Crippen LogP) is 4.17. The Labute approximate surface area is 130 Å². The third kappa shape index (κ3) is 3.21. The van der Waals surface area contributed by atoms with Crippen LogP contribution in [-0.2, 0) is 6.54 Å². The van der Waals surface area contributed by atoms with Crippen LogP contribution in [0.2, 0.25) is 0 Å². The quantitative estimate of drug-likeness (QED) is 0.741. The first-order valence-corrected chi connectivity index (χ1v) is 7.32. The second-order valence-corrected chi connectivity index (χ2v) is 5.05. The van der Waals surface area contributed by atoms with Crippen LogP contribution in [0, 0.1) is 0 Å². The van der Waals surface area contributed by atoms with Gasteiger partial charge in [-0.1, -0.05) is 48.5 Å². The molecule has 3 heteroatoms. The Morgan fingerprint density at radius 1 is 0.955 bits per heavy atom. The fourth-order valence-electron chi connectivity index (χ4n) is 2.54. The number of nitrogens with one attached hydrogen (secondary N) is 1. The Morgan fingerprint density at radius 2 is 1.73 bits per heavy atom. The van der Waals surface area contributed by atoms with Crippen LogP contribution < -0.4 is 10.1 Å². The molecule has 1 unspecified atom stereocenters. The number of furan rings is 1. The maximum absolute atomic E-state index is 5.60. The standard InChI is InChI=1S/C19H19NO2/c1-21-17-11-6-5-10-16(17)14-20-19(18-12-7-13-22-18)15-8-3-2-4-9-15/h2-13,19-20H,14H2,1H3. The summed E-state index contributed by atoms with van der Waals surface area (Å²) in [5, 5.41) is 3.56. The molecule has 3 rings (SSSR count). The van der Waals surface area contributed by atoms with E-state index in [1.165, 1.54) is 5.56 Å². The van der Waals surface area contributed by atoms with Crippen LogP contribution >= 0.6 is 0 Å². The van der Waals surface area contributed by atoms with Crippen LogP contribution in [0.25, 0.3) is 0 Å². The predicted molar refractivity (Wildman–Crippen MR) is 86.8 cm³/mol. The van der Waals surface area contributed by atoms with E-state index in [1.807, 2.05) is 48.5 Å². The van der Waals surface area contributed by atoms with Gasteiger partial charge in [-0.05, 0) is 23.8 Å². The molecular weight excluding hydrogens is 274 g/mol. The van der Waals surface area contributed by atoms with Crippen molar-refractivity contribution in [2.45, 2.75) is 12.6 Å². The molecule has 0 saturated carbocycles. The maximum Gasteiger partial charge on any atom is 0.125 e. The molecule has 0 fully saturated rings. The smallest absolute Gasteiger partial charge is 0.125 e. The number of para-hydroxylation sites is 1. The summed E-state index contributed by atoms with van der Waals surface area (Å²) in [4.78, 5) is 0. The van der Waals surface area contributed by atoms with Gasteiger partial charge in [0.15, 0.2) is 0 Å². The highest BCUT2D eigenvalue weighted by Crippen LogP contribution is 2.24. The van der Waals surface area contributed by atoms with Gasteiger partial charge in [-0.3, -0.25) is 5.32 Å². The largest absolute Gasteiger partial charge is 0.496 e. The molecule has 22 heavy (non-hydrogen) atoms. The van der Waals surface area contributed by atoms with Crippen molar-refractivity contribution in [2.75, 3.05) is 7.11 Å². The molecule has 0 aliphatic rings. The van der Waals surface area contributed by atoms with Gasteiger partial charge >= 0.3 is 0 Å². The van der Waals surface area contributed by atoms with Gasteiger partial charge in [0.25, 0.3) is 0 Å². The van der Waals surface area contributed by atoms with E-state index in [1.54, 1.807) is 13.4 Å². The van der Waals surface area contributed by atoms with E-state index in [-0.39, 0.29) is 6.04 Å². The highest BCUT2D eigenvalue weighted by atomic mass is 16.5. The first-order valence-electron chi connectivity index (χ1n) is 7.32. The number of rotatable bonds is 6. The minimum atomic E-state index is 0.0149. The lowest BCUT2D eigenvalue weighted by atomic mass is 10.0. The second-order valence-electron chi connectivity index (χ2n) is 5.05. The maximum atomic E-state index is 5.60. The van der Waals surface area contributed by atoms with Crippen molar-refractivity contribution in [2.24, 2.45) is 0 Å². The van der Waals surface area contributed by atoms with Crippen molar-refractivity contribution in [3.63, 3.8) is 0 Å². The molecular formula is C19H19NO2. The van der Waals surface area contributed by atoms with Gasteiger partial charge in [-0.2, -0.15) is 0 Å². The first kappa shape index (κ1) is 14.4. The Hall–Kier alpha value is -2.52. The van der Waals surface area contributed by atoms with Crippen LogP contribution in [0.4, 0.5) is 0 Å². The molecule has 0 spiro atoms. The molecule has 1 aromatic heterocycles. The minimum absolute atomic E-state index is 0.0149. The van der Waals surface area contributed by atoms with E-state index >= 15 is 0 Å². The normalized spacial score (nSPS) is 12.0. The molecule has 0 aliphatic carbocycles. The first-order chi connectivity index (χ1) is 10.9. The van der Waals surface area contributed by atoms with Crippen molar-refractivity contribution in [1.29, 1.82) is 0 Å². The Morgan fingerprint density at radius 3 is 2.45 bits per heavy atom. The van der Waals surface area contributed by atoms with Crippen molar-refractivity contribution < 1.29 is 9.15 Å². The molecule has 1 atom stereocenters. The van der Waals surface area contributed by atoms with Gasteiger partial charge in [0.1, 0.15) is 11.5 Å². The van der Waals surface area contributed by atoms with E-state index < -0.39 is 0 Å². The van der Waals surface area contributed by atoms with Crippen molar-refractivity contribution in [1.82, 2.24) is 5.32 Å². The highest BCUT2D eigenvalue weighted by Gasteiger charge is 2.16. The number of hydrogen-bond acceptors (Lipinski definition) is 3. The lowest BCUT2D eigenvalue weighted by Gasteiger charge is -2.18. The molecule has 1 N–H and O–H groups in total. The summed E-state index contributed by atoms with van der Waals surface area (Å²) in [5.74, 6) is 1.79. The SMILES string of the molecule is COc1ccccc1CNC(c1ccccc1)c1ccco1. The van der Waals surface area contributed by atoms with E-state index in [9.17, 15) is 0 Å². The number of hydrogen-bond donors (Lipinski definition) is 1. The average molecular weight is 293 g/mol. The second kappa shape index (κ2) is 6.96. The molecule has 0 bridgehead atoms. The van der Waals surface area contributed by atoms with Gasteiger partial charge in [0, 0.05) is 12.1 Å². The van der Waals surface area contributed by atoms with Crippen molar-refractivity contribution in [3.05, 3.63) is 89.9 Å². The molecule has 0 aliphatic heterocycles. The fraction of sp³-hybridized carbons (Fsp3) is 0.158. The Bertz CT molecular complexity index is 692. The highest BCUT2D eigenvalue weighted by molar-refractivity contribution is 5.34. The summed E-state index contributed by atoms with van der Waals surface area (Å²) >= 11 is 0. The third-order valence-electron chi connectivity index (χ3n) is 3.65. The van der Waals surface area contributed by atoms with Gasteiger partial charge < -0.3 is 9.15 Å². The molecule has 112 valence electrons. The summed E-state index contributed by atoms with van der Waals surface area (Å²) in [7, 11) is 1.69. The number of ether oxygens (including phenoxy) is 1. The monoisotopic (exact) mass is 293 g/mol. The summed E-state index contributed by atoms with van der Waals surface area (Å²) in [5.41, 5.74) is 2.30. The molecule has 1 heterocycles. The molecule has 0 saturated heterocycles. The van der Waals surface area contributed by atoms with Crippen LogP contribution in [0.15, 0.2) is 77.4 Å². The molecule has 2 aromatic carbocycles. The zero-order valence-corrected chi connectivity index (χ0v) is 12.5. The third-order valence-corrected chi connectivity index (χ3v) is 3.65. The Kier molecular flexibility index (Phi) is 4.56. The zero-order valence-electron chi connectivity index (χ0n) is 12.5. The van der Waals surface area contributed by atoms with E-state index in [0.29, 0.717) is 6.54 Å². The fourth-order valence-corrected chi connectivity index (χ4v) is 2.54. The van der Waals surface area contributed by atoms with Crippen LogP contribution in [0.3, 0.4) is 0 Å². The molecule has 3 nitrogen and oxygen atoms in total. The number of benzene rings is 2. The summed E-state index contributed by atoms with van der Waals surface area (Å²) in [6.45, 7) is 0.699. The Balaban J connectivity index is 1.82. The van der Waals surface area contributed by atoms with Crippen LogP contribution in [0.1, 0.15) is 22.9 Å². The van der Waals surface area contributed by atoms with Crippen molar-refractivity contribution >= 4 is 0 Å². The molecule has 3 aromatic rings. The van der Waals surface area contributed by atoms with Gasteiger partial charge in [-0.25, -0.2) is 0 Å². The van der Waals surface area contributed by atoms with Crippen LogP contribution in [-0.4, -0.2) is 7.11 Å². The van der Waals surface area contributed by atoms with Gasteiger partial charge in [-0.15, -0.1) is 0 Å². The lowest BCUT2D eigenvalue weighted by molar-refractivity contribution is 0.402. The van der Waals surface area contributed by atoms with Crippen LogP contribution in [0.5, 0.6) is 5.75 Å². The topological polar surface area (TPSA) is 34.4 Å². The van der Waals surface area contributed by atoms with E-state index in [4.69, 9.17) is 9.15 Å².